The smallest absolute Gasteiger partial charge is 0.153 e. The maximum Gasteiger partial charge on any atom is 0.153 e. The van der Waals surface area contributed by atoms with Crippen LogP contribution >= 0.6 is 23.4 Å². The Bertz CT molecular complexity index is 859. The zero-order chi connectivity index (χ0) is 22.2. The van der Waals surface area contributed by atoms with Crippen LogP contribution in [0.2, 0.25) is 5.02 Å². The van der Waals surface area contributed by atoms with Crippen LogP contribution in [0, 0.1) is 0 Å². The summed E-state index contributed by atoms with van der Waals surface area (Å²) in [6, 6.07) is 10.7. The highest BCUT2D eigenvalue weighted by Gasteiger charge is 2.22. The van der Waals surface area contributed by atoms with Crippen LogP contribution in [0.3, 0.4) is 0 Å². The van der Waals surface area contributed by atoms with Gasteiger partial charge in [0.25, 0.3) is 0 Å². The molecular formula is C24H30ClNO4S. The van der Waals surface area contributed by atoms with Crippen molar-refractivity contribution in [1.82, 2.24) is 0 Å². The summed E-state index contributed by atoms with van der Waals surface area (Å²) in [5.74, 6) is 3.35. The van der Waals surface area contributed by atoms with Crippen molar-refractivity contribution in [2.24, 2.45) is 5.16 Å². The van der Waals surface area contributed by atoms with Crippen LogP contribution in [0.5, 0.6) is 17.2 Å². The zero-order valence-corrected chi connectivity index (χ0v) is 19.6. The van der Waals surface area contributed by atoms with Gasteiger partial charge in [-0.3, -0.25) is 0 Å². The highest BCUT2D eigenvalue weighted by molar-refractivity contribution is 7.99. The average Bonchev–Trinajstić information content (AvgIpc) is 2.75. The van der Waals surface area contributed by atoms with Crippen LogP contribution in [-0.2, 0) is 4.84 Å². The molecule has 2 aromatic carbocycles. The molecule has 0 saturated carbocycles. The van der Waals surface area contributed by atoms with E-state index in [4.69, 9.17) is 21.2 Å². The standard InChI is InChI=1S/C24H30ClNO4S/c1-3-5-21(26-29-14-16(2)30-20-9-7-19(25)8-10-20)24-22(27)12-18(13-23(24)28)17-6-4-11-31-15-17/h7-10,12-13,16-17,27-28H,3-6,11,14-15H2,1-2H3/b26-21+. The number of phenolic OH excluding ortho intramolecular Hbond substituents is 2. The maximum atomic E-state index is 10.7. The van der Waals surface area contributed by atoms with Gasteiger partial charge in [-0.2, -0.15) is 11.8 Å². The molecule has 1 aliphatic heterocycles. The number of aromatic hydroxyl groups is 2. The number of nitrogens with zero attached hydrogens (tertiary/aromatic N) is 1. The number of ether oxygens (including phenoxy) is 1. The Labute approximate surface area is 193 Å². The first-order valence-corrected chi connectivity index (χ1v) is 12.3. The number of rotatable bonds is 9. The lowest BCUT2D eigenvalue weighted by molar-refractivity contribution is 0.0627. The molecule has 0 amide bonds. The molecule has 1 fully saturated rings. The minimum absolute atomic E-state index is 0.0480. The van der Waals surface area contributed by atoms with Gasteiger partial charge in [0.15, 0.2) is 6.61 Å². The third-order valence-electron chi connectivity index (χ3n) is 5.16. The molecular weight excluding hydrogens is 434 g/mol. The van der Waals surface area contributed by atoms with Crippen molar-refractivity contribution in [2.45, 2.75) is 51.6 Å². The SMILES string of the molecule is CCC/C(=N\OCC(C)Oc1ccc(Cl)cc1)c1c(O)cc(C2CCCSC2)cc1O. The van der Waals surface area contributed by atoms with E-state index < -0.39 is 0 Å². The molecule has 0 bridgehead atoms. The molecule has 1 heterocycles. The van der Waals surface area contributed by atoms with Crippen LogP contribution in [0.1, 0.15) is 56.6 Å². The fourth-order valence-corrected chi connectivity index (χ4v) is 4.93. The number of phenols is 2. The van der Waals surface area contributed by atoms with Gasteiger partial charge >= 0.3 is 0 Å². The minimum Gasteiger partial charge on any atom is -0.507 e. The number of thioether (sulfide) groups is 1. The highest BCUT2D eigenvalue weighted by Crippen LogP contribution is 2.38. The van der Waals surface area contributed by atoms with E-state index in [2.05, 4.69) is 5.16 Å². The molecule has 2 aromatic rings. The molecule has 5 nitrogen and oxygen atoms in total. The van der Waals surface area contributed by atoms with Crippen molar-refractivity contribution in [2.75, 3.05) is 18.1 Å². The Hall–Kier alpha value is -2.05. The fraction of sp³-hybridized carbons (Fsp3) is 0.458. The molecule has 0 radical (unpaired) electrons. The minimum atomic E-state index is -0.235. The summed E-state index contributed by atoms with van der Waals surface area (Å²) in [4.78, 5) is 5.53. The van der Waals surface area contributed by atoms with Crippen molar-refractivity contribution in [3.8, 4) is 17.2 Å². The van der Waals surface area contributed by atoms with E-state index in [1.807, 2.05) is 25.6 Å². The van der Waals surface area contributed by atoms with E-state index >= 15 is 0 Å². The molecule has 0 spiro atoms. The van der Waals surface area contributed by atoms with Crippen LogP contribution in [-0.4, -0.2) is 40.1 Å². The summed E-state index contributed by atoms with van der Waals surface area (Å²) < 4.78 is 5.79. The predicted molar refractivity (Wildman–Crippen MR) is 128 cm³/mol. The Morgan fingerprint density at radius 1 is 1.23 bits per heavy atom. The number of hydrogen-bond donors (Lipinski definition) is 2. The van der Waals surface area contributed by atoms with Crippen molar-refractivity contribution in [3.05, 3.63) is 52.5 Å². The fourth-order valence-electron chi connectivity index (χ4n) is 3.62. The van der Waals surface area contributed by atoms with Gasteiger partial charge in [-0.05, 0) is 79.8 Å². The average molecular weight is 464 g/mol. The number of halogens is 1. The van der Waals surface area contributed by atoms with E-state index in [9.17, 15) is 10.2 Å². The van der Waals surface area contributed by atoms with Gasteiger partial charge in [-0.15, -0.1) is 0 Å². The highest BCUT2D eigenvalue weighted by atomic mass is 35.5. The summed E-state index contributed by atoms with van der Waals surface area (Å²) in [6.45, 7) is 4.13. The first kappa shape index (κ1) is 23.6. The third-order valence-corrected chi connectivity index (χ3v) is 6.63. The largest absolute Gasteiger partial charge is 0.507 e. The second kappa shape index (κ2) is 11.5. The van der Waals surface area contributed by atoms with Gasteiger partial charge in [0, 0.05) is 10.8 Å². The molecule has 0 aliphatic carbocycles. The van der Waals surface area contributed by atoms with E-state index in [0.717, 1.165) is 30.6 Å². The van der Waals surface area contributed by atoms with Crippen LogP contribution in [0.15, 0.2) is 41.6 Å². The predicted octanol–water partition coefficient (Wildman–Crippen LogP) is 6.35. The topological polar surface area (TPSA) is 71.3 Å². The molecule has 1 saturated heterocycles. The zero-order valence-electron chi connectivity index (χ0n) is 18.0. The van der Waals surface area contributed by atoms with Gasteiger partial charge in [0.2, 0.25) is 0 Å². The quantitative estimate of drug-likeness (QED) is 0.335. The van der Waals surface area contributed by atoms with Gasteiger partial charge in [-0.25, -0.2) is 0 Å². The second-order valence-corrected chi connectivity index (χ2v) is 9.40. The van der Waals surface area contributed by atoms with Crippen molar-refractivity contribution >= 4 is 29.1 Å². The summed E-state index contributed by atoms with van der Waals surface area (Å²) in [5.41, 5.74) is 1.86. The molecule has 7 heteroatoms. The molecule has 2 atom stereocenters. The molecule has 1 aliphatic rings. The Morgan fingerprint density at radius 3 is 2.55 bits per heavy atom. The molecule has 31 heavy (non-hydrogen) atoms. The first-order chi connectivity index (χ1) is 15.0. The van der Waals surface area contributed by atoms with Gasteiger partial charge < -0.3 is 19.8 Å². The van der Waals surface area contributed by atoms with Gasteiger partial charge in [-0.1, -0.05) is 30.1 Å². The van der Waals surface area contributed by atoms with Crippen LogP contribution in [0.25, 0.3) is 0 Å². The summed E-state index contributed by atoms with van der Waals surface area (Å²) in [6.07, 6.45) is 3.38. The second-order valence-electron chi connectivity index (χ2n) is 7.81. The monoisotopic (exact) mass is 463 g/mol. The van der Waals surface area contributed by atoms with E-state index in [1.54, 1.807) is 36.4 Å². The molecule has 168 valence electrons. The molecule has 2 N–H and O–H groups in total. The third kappa shape index (κ3) is 6.71. The normalized spacial score (nSPS) is 17.9. The Balaban J connectivity index is 1.68. The van der Waals surface area contributed by atoms with Crippen molar-refractivity contribution in [1.29, 1.82) is 0 Å². The number of benzene rings is 2. The summed E-state index contributed by atoms with van der Waals surface area (Å²) >= 11 is 7.81. The lowest BCUT2D eigenvalue weighted by Crippen LogP contribution is -2.18. The van der Waals surface area contributed by atoms with Crippen molar-refractivity contribution in [3.63, 3.8) is 0 Å². The van der Waals surface area contributed by atoms with E-state index in [-0.39, 0.29) is 24.2 Å². The number of hydrogen-bond acceptors (Lipinski definition) is 6. The van der Waals surface area contributed by atoms with Crippen molar-refractivity contribution < 1.29 is 19.8 Å². The van der Waals surface area contributed by atoms with Crippen LogP contribution in [0.4, 0.5) is 0 Å². The van der Waals surface area contributed by atoms with Gasteiger partial charge in [0.1, 0.15) is 23.4 Å². The lowest BCUT2D eigenvalue weighted by atomic mass is 9.92. The van der Waals surface area contributed by atoms with Crippen LogP contribution < -0.4 is 4.74 Å². The summed E-state index contributed by atoms with van der Waals surface area (Å²) in [7, 11) is 0. The van der Waals surface area contributed by atoms with E-state index in [1.165, 1.54) is 5.75 Å². The first-order valence-electron chi connectivity index (χ1n) is 10.7. The Morgan fingerprint density at radius 2 is 1.94 bits per heavy atom. The van der Waals surface area contributed by atoms with E-state index in [0.29, 0.717) is 34.4 Å². The molecule has 0 aromatic heterocycles. The summed E-state index contributed by atoms with van der Waals surface area (Å²) in [5, 5.41) is 26.3. The number of oxime groups is 1. The Kier molecular flexibility index (Phi) is 8.79. The van der Waals surface area contributed by atoms with Gasteiger partial charge in [0.05, 0.1) is 11.3 Å². The molecule has 3 rings (SSSR count). The molecule has 2 unspecified atom stereocenters. The maximum absolute atomic E-state index is 10.7. The lowest BCUT2D eigenvalue weighted by Gasteiger charge is -2.23.